The summed E-state index contributed by atoms with van der Waals surface area (Å²) in [5.41, 5.74) is 3.07. The second-order valence-electron chi connectivity index (χ2n) is 5.68. The highest BCUT2D eigenvalue weighted by molar-refractivity contribution is 5.93. The lowest BCUT2D eigenvalue weighted by Crippen LogP contribution is -2.33. The number of anilines is 1. The Balaban J connectivity index is 1.70. The molecule has 4 aromatic rings. The van der Waals surface area contributed by atoms with E-state index < -0.39 is 12.2 Å². The van der Waals surface area contributed by atoms with Gasteiger partial charge in [0.25, 0.3) is 0 Å². The van der Waals surface area contributed by atoms with Gasteiger partial charge < -0.3 is 14.7 Å². The van der Waals surface area contributed by atoms with Crippen molar-refractivity contribution in [3.05, 3.63) is 43.1 Å². The maximum atomic E-state index is 12.6. The molecule has 0 aliphatic carbocycles. The zero-order valence-corrected chi connectivity index (χ0v) is 13.0. The van der Waals surface area contributed by atoms with Crippen LogP contribution in [0.4, 0.5) is 19.1 Å². The SMILES string of the molecule is C[C@@H](Nc1ncc2c(-c3ccc4nccn4c3)c[nH]c2n1)C(F)(F)F. The van der Waals surface area contributed by atoms with Gasteiger partial charge in [-0.1, -0.05) is 0 Å². The third-order valence-corrected chi connectivity index (χ3v) is 3.97. The van der Waals surface area contributed by atoms with Crippen molar-refractivity contribution in [1.29, 1.82) is 0 Å². The summed E-state index contributed by atoms with van der Waals surface area (Å²) in [6.45, 7) is 1.02. The Kier molecular flexibility index (Phi) is 3.38. The maximum Gasteiger partial charge on any atom is 0.408 e. The molecule has 0 saturated heterocycles. The number of fused-ring (bicyclic) bond motifs is 2. The third-order valence-electron chi connectivity index (χ3n) is 3.97. The molecular formula is C16H13F3N6. The summed E-state index contributed by atoms with van der Waals surface area (Å²) in [5.74, 6) is -0.0733. The van der Waals surface area contributed by atoms with E-state index in [2.05, 4.69) is 25.3 Å². The number of hydrogen-bond donors (Lipinski definition) is 2. The molecule has 0 aromatic carbocycles. The summed E-state index contributed by atoms with van der Waals surface area (Å²) < 4.78 is 39.8. The highest BCUT2D eigenvalue weighted by atomic mass is 19.4. The van der Waals surface area contributed by atoms with E-state index in [9.17, 15) is 13.2 Å². The first-order valence-corrected chi connectivity index (χ1v) is 7.52. The molecule has 0 aliphatic rings. The van der Waals surface area contributed by atoms with Gasteiger partial charge >= 0.3 is 6.18 Å². The number of imidazole rings is 1. The van der Waals surface area contributed by atoms with Crippen LogP contribution >= 0.6 is 0 Å². The number of nitrogens with one attached hydrogen (secondary N) is 2. The second kappa shape index (κ2) is 5.47. The Morgan fingerprint density at radius 1 is 1.24 bits per heavy atom. The number of pyridine rings is 1. The normalized spacial score (nSPS) is 13.4. The Labute approximate surface area is 139 Å². The van der Waals surface area contributed by atoms with E-state index in [0.29, 0.717) is 5.65 Å². The van der Waals surface area contributed by atoms with Crippen LogP contribution in [-0.4, -0.2) is 36.6 Å². The van der Waals surface area contributed by atoms with Crippen LogP contribution in [0, 0.1) is 0 Å². The van der Waals surface area contributed by atoms with E-state index in [0.717, 1.165) is 29.1 Å². The van der Waals surface area contributed by atoms with Gasteiger partial charge in [-0.05, 0) is 19.1 Å². The smallest absolute Gasteiger partial charge is 0.345 e. The highest BCUT2D eigenvalue weighted by Gasteiger charge is 2.36. The van der Waals surface area contributed by atoms with Gasteiger partial charge in [-0.3, -0.25) is 0 Å². The first-order valence-electron chi connectivity index (χ1n) is 7.52. The van der Waals surface area contributed by atoms with E-state index in [1.54, 1.807) is 12.4 Å². The second-order valence-corrected chi connectivity index (χ2v) is 5.68. The van der Waals surface area contributed by atoms with E-state index >= 15 is 0 Å². The molecule has 128 valence electrons. The fourth-order valence-electron chi connectivity index (χ4n) is 2.57. The van der Waals surface area contributed by atoms with Crippen molar-refractivity contribution in [2.45, 2.75) is 19.1 Å². The zero-order chi connectivity index (χ0) is 17.6. The number of nitrogens with zero attached hydrogens (tertiary/aromatic N) is 4. The van der Waals surface area contributed by atoms with Crippen LogP contribution in [0.25, 0.3) is 27.8 Å². The number of aromatic nitrogens is 5. The van der Waals surface area contributed by atoms with Crippen molar-refractivity contribution in [3.8, 4) is 11.1 Å². The molecule has 0 aliphatic heterocycles. The van der Waals surface area contributed by atoms with Crippen LogP contribution in [0.2, 0.25) is 0 Å². The van der Waals surface area contributed by atoms with Crippen molar-refractivity contribution in [1.82, 2.24) is 24.3 Å². The molecule has 0 fully saturated rings. The minimum absolute atomic E-state index is 0.0733. The zero-order valence-electron chi connectivity index (χ0n) is 13.0. The van der Waals surface area contributed by atoms with Crippen LogP contribution < -0.4 is 5.32 Å². The van der Waals surface area contributed by atoms with Crippen molar-refractivity contribution >= 4 is 22.6 Å². The van der Waals surface area contributed by atoms with Crippen LogP contribution in [0.3, 0.4) is 0 Å². The van der Waals surface area contributed by atoms with Gasteiger partial charge in [-0.2, -0.15) is 18.2 Å². The molecular weight excluding hydrogens is 333 g/mol. The Morgan fingerprint density at radius 3 is 2.88 bits per heavy atom. The maximum absolute atomic E-state index is 12.6. The molecule has 6 nitrogen and oxygen atoms in total. The number of H-pyrrole nitrogens is 1. The lowest BCUT2D eigenvalue weighted by atomic mass is 10.1. The molecule has 4 rings (SSSR count). The van der Waals surface area contributed by atoms with Gasteiger partial charge in [-0.15, -0.1) is 0 Å². The van der Waals surface area contributed by atoms with E-state index in [1.807, 2.05) is 28.9 Å². The fraction of sp³-hybridized carbons (Fsp3) is 0.188. The van der Waals surface area contributed by atoms with Gasteiger partial charge in [0.05, 0.1) is 0 Å². The Bertz CT molecular complexity index is 1050. The van der Waals surface area contributed by atoms with E-state index in [-0.39, 0.29) is 5.95 Å². The summed E-state index contributed by atoms with van der Waals surface area (Å²) in [7, 11) is 0. The minimum Gasteiger partial charge on any atom is -0.345 e. The molecule has 25 heavy (non-hydrogen) atoms. The van der Waals surface area contributed by atoms with Gasteiger partial charge in [0, 0.05) is 47.5 Å². The lowest BCUT2D eigenvalue weighted by Gasteiger charge is -2.16. The molecule has 1 atom stereocenters. The predicted octanol–water partition coefficient (Wildman–Crippen LogP) is 3.64. The molecule has 2 N–H and O–H groups in total. The molecule has 0 spiro atoms. The quantitative estimate of drug-likeness (QED) is 0.594. The fourth-order valence-corrected chi connectivity index (χ4v) is 2.57. The molecule has 0 amide bonds. The van der Waals surface area contributed by atoms with Crippen molar-refractivity contribution in [2.75, 3.05) is 5.32 Å². The summed E-state index contributed by atoms with van der Waals surface area (Å²) in [6.07, 6.45) is 4.37. The van der Waals surface area contributed by atoms with Gasteiger partial charge in [0.2, 0.25) is 5.95 Å². The number of rotatable bonds is 3. The molecule has 0 bridgehead atoms. The molecule has 4 heterocycles. The van der Waals surface area contributed by atoms with Crippen LogP contribution in [0.1, 0.15) is 6.92 Å². The largest absolute Gasteiger partial charge is 0.408 e. The Hall–Kier alpha value is -3.10. The van der Waals surface area contributed by atoms with Crippen molar-refractivity contribution in [3.63, 3.8) is 0 Å². The molecule has 9 heteroatoms. The summed E-state index contributed by atoms with van der Waals surface area (Å²) >= 11 is 0. The topological polar surface area (TPSA) is 70.9 Å². The van der Waals surface area contributed by atoms with Gasteiger partial charge in [-0.25, -0.2) is 9.97 Å². The number of alkyl halides is 3. The lowest BCUT2D eigenvalue weighted by molar-refractivity contribution is -0.138. The van der Waals surface area contributed by atoms with Crippen molar-refractivity contribution < 1.29 is 13.2 Å². The minimum atomic E-state index is -4.36. The van der Waals surface area contributed by atoms with Gasteiger partial charge in [0.1, 0.15) is 17.3 Å². The monoisotopic (exact) mass is 346 g/mol. The number of halogens is 3. The van der Waals surface area contributed by atoms with E-state index in [4.69, 9.17) is 0 Å². The van der Waals surface area contributed by atoms with E-state index in [1.165, 1.54) is 6.20 Å². The first-order chi connectivity index (χ1) is 11.9. The standard InChI is InChI=1S/C16H13F3N6/c1-9(16(17,18)19)23-15-22-7-12-11(6-21-14(12)24-15)10-2-3-13-20-4-5-25(13)8-10/h2-9H,1H3,(H2,21,22,23,24)/t9-/m1/s1. The molecule has 0 radical (unpaired) electrons. The van der Waals surface area contributed by atoms with Crippen molar-refractivity contribution in [2.24, 2.45) is 0 Å². The predicted molar refractivity (Wildman–Crippen MR) is 87.2 cm³/mol. The first kappa shape index (κ1) is 15.4. The average Bonchev–Trinajstić information content (AvgIpc) is 3.19. The number of hydrogen-bond acceptors (Lipinski definition) is 4. The summed E-state index contributed by atoms with van der Waals surface area (Å²) in [4.78, 5) is 15.3. The van der Waals surface area contributed by atoms with Crippen LogP contribution in [0.15, 0.2) is 43.1 Å². The average molecular weight is 346 g/mol. The summed E-state index contributed by atoms with van der Waals surface area (Å²) in [5, 5.41) is 2.99. The summed E-state index contributed by atoms with van der Waals surface area (Å²) in [6, 6.07) is 2.07. The molecule has 4 aromatic heterocycles. The number of aromatic amines is 1. The Morgan fingerprint density at radius 2 is 2.08 bits per heavy atom. The van der Waals surface area contributed by atoms with Crippen LogP contribution in [0.5, 0.6) is 0 Å². The van der Waals surface area contributed by atoms with Gasteiger partial charge in [0.15, 0.2) is 0 Å². The third kappa shape index (κ3) is 2.77. The van der Waals surface area contributed by atoms with Crippen LogP contribution in [-0.2, 0) is 0 Å². The molecule has 0 unspecified atom stereocenters. The highest BCUT2D eigenvalue weighted by Crippen LogP contribution is 2.28. The molecule has 0 saturated carbocycles.